The predicted molar refractivity (Wildman–Crippen MR) is 110 cm³/mol. The van der Waals surface area contributed by atoms with Gasteiger partial charge in [0.1, 0.15) is 4.21 Å². The highest BCUT2D eigenvalue weighted by atomic mass is 79.9. The van der Waals surface area contributed by atoms with Crippen LogP contribution in [0.5, 0.6) is 0 Å². The quantitative estimate of drug-likeness (QED) is 0.576. The Morgan fingerprint density at radius 2 is 1.88 bits per heavy atom. The molecule has 3 heterocycles. The molecular weight excluding hydrogens is 506 g/mol. The number of hydrogen-bond donors (Lipinski definition) is 1. The summed E-state index contributed by atoms with van der Waals surface area (Å²) in [5, 5.41) is 3.20. The number of nitrogens with zero attached hydrogens (tertiary/aromatic N) is 2. The number of hydrogen-bond acceptors (Lipinski definition) is 5. The monoisotopic (exact) mass is 517 g/mol. The third-order valence-corrected chi connectivity index (χ3v) is 9.54. The van der Waals surface area contributed by atoms with Gasteiger partial charge in [0.15, 0.2) is 0 Å². The lowest BCUT2D eigenvalue weighted by molar-refractivity contribution is 0.588. The number of nitrogens with one attached hydrogen (secondary N) is 1. The van der Waals surface area contributed by atoms with Crippen molar-refractivity contribution in [1.29, 1.82) is 0 Å². The molecule has 0 amide bonds. The molecule has 0 unspecified atom stereocenters. The highest BCUT2D eigenvalue weighted by Crippen LogP contribution is 2.36. The Bertz CT molecular complexity index is 1190. The second-order valence-corrected chi connectivity index (χ2v) is 11.0. The number of para-hydroxylation sites is 2. The first-order valence-electron chi connectivity index (χ1n) is 7.74. The molecule has 136 valence electrons. The van der Waals surface area contributed by atoms with E-state index in [0.29, 0.717) is 32.3 Å². The van der Waals surface area contributed by atoms with Crippen molar-refractivity contribution in [2.75, 3.05) is 13.1 Å². The van der Waals surface area contributed by atoms with Gasteiger partial charge in [0.2, 0.25) is 0 Å². The van der Waals surface area contributed by atoms with Gasteiger partial charge in [-0.05, 0) is 50.1 Å². The maximum atomic E-state index is 13.2. The lowest BCUT2D eigenvalue weighted by Crippen LogP contribution is -2.31. The van der Waals surface area contributed by atoms with Crippen LogP contribution >= 0.6 is 43.2 Å². The third-order valence-electron chi connectivity index (χ3n) is 4.15. The fraction of sp³-hybridized carbons (Fsp3) is 0.188. The van der Waals surface area contributed by atoms with E-state index in [9.17, 15) is 13.2 Å². The summed E-state index contributed by atoms with van der Waals surface area (Å²) >= 11 is 7.69. The zero-order valence-corrected chi connectivity index (χ0v) is 18.1. The van der Waals surface area contributed by atoms with Crippen molar-refractivity contribution >= 4 is 70.0 Å². The Morgan fingerprint density at radius 3 is 2.50 bits per heavy atom. The number of thiophene rings is 1. The van der Waals surface area contributed by atoms with E-state index in [2.05, 4.69) is 37.2 Å². The normalized spacial score (nSPS) is 15.4. The third kappa shape index (κ3) is 2.84. The van der Waals surface area contributed by atoms with Crippen molar-refractivity contribution in [2.24, 2.45) is 0 Å². The van der Waals surface area contributed by atoms with E-state index in [-0.39, 0.29) is 4.21 Å². The molecule has 0 radical (unpaired) electrons. The molecule has 0 saturated carbocycles. The first-order chi connectivity index (χ1) is 12.4. The Kier molecular flexibility index (Phi) is 4.72. The summed E-state index contributed by atoms with van der Waals surface area (Å²) in [6.45, 7) is 1.40. The van der Waals surface area contributed by atoms with Crippen LogP contribution in [0.3, 0.4) is 0 Å². The molecule has 0 saturated heterocycles. The Hall–Kier alpha value is -1.20. The minimum atomic E-state index is -4.02. The van der Waals surface area contributed by atoms with Gasteiger partial charge in [-0.1, -0.05) is 18.2 Å². The summed E-state index contributed by atoms with van der Waals surface area (Å²) in [5.74, 6) is 0. The number of halogens is 2. The second-order valence-electron chi connectivity index (χ2n) is 5.71. The number of imidazole rings is 1. The van der Waals surface area contributed by atoms with Crippen LogP contribution in [0.25, 0.3) is 16.7 Å². The van der Waals surface area contributed by atoms with Gasteiger partial charge < -0.3 is 5.32 Å². The molecule has 1 aliphatic heterocycles. The van der Waals surface area contributed by atoms with Crippen LogP contribution in [-0.4, -0.2) is 30.0 Å². The summed E-state index contributed by atoms with van der Waals surface area (Å²) in [6.07, 6.45) is 2.58. The molecule has 26 heavy (non-hydrogen) atoms. The van der Waals surface area contributed by atoms with Crippen LogP contribution in [-0.2, 0) is 10.0 Å². The predicted octanol–water partition coefficient (Wildman–Crippen LogP) is 3.46. The van der Waals surface area contributed by atoms with Gasteiger partial charge in [-0.25, -0.2) is 4.79 Å². The SMILES string of the molecule is O=c1n(C2=CCNCC2)c2ccccc2n1S(=O)(=O)c1cc(Br)c(Br)s1. The van der Waals surface area contributed by atoms with Gasteiger partial charge in [-0.2, -0.15) is 12.4 Å². The van der Waals surface area contributed by atoms with Crippen molar-refractivity contribution in [1.82, 2.24) is 13.9 Å². The lowest BCUT2D eigenvalue weighted by Gasteiger charge is -2.14. The summed E-state index contributed by atoms with van der Waals surface area (Å²) in [7, 11) is -4.02. The van der Waals surface area contributed by atoms with Gasteiger partial charge in [0, 0.05) is 29.7 Å². The van der Waals surface area contributed by atoms with E-state index >= 15 is 0 Å². The lowest BCUT2D eigenvalue weighted by atomic mass is 10.2. The largest absolute Gasteiger partial charge is 0.347 e. The van der Waals surface area contributed by atoms with Crippen molar-refractivity contribution in [3.05, 3.63) is 55.2 Å². The molecule has 10 heteroatoms. The molecule has 0 spiro atoms. The van der Waals surface area contributed by atoms with Crippen LogP contribution in [0.1, 0.15) is 6.42 Å². The fourth-order valence-corrected chi connectivity index (χ4v) is 7.28. The Labute approximate surface area is 170 Å². The van der Waals surface area contributed by atoms with Crippen molar-refractivity contribution in [3.8, 4) is 0 Å². The van der Waals surface area contributed by atoms with Gasteiger partial charge >= 0.3 is 5.69 Å². The van der Waals surface area contributed by atoms with Crippen LogP contribution in [0.4, 0.5) is 0 Å². The van der Waals surface area contributed by atoms with E-state index in [1.807, 2.05) is 6.08 Å². The van der Waals surface area contributed by atoms with E-state index in [1.165, 1.54) is 10.6 Å². The van der Waals surface area contributed by atoms with Crippen molar-refractivity contribution < 1.29 is 8.42 Å². The van der Waals surface area contributed by atoms with E-state index in [1.54, 1.807) is 24.3 Å². The van der Waals surface area contributed by atoms with Crippen LogP contribution in [0, 0.1) is 0 Å². The number of rotatable bonds is 3. The molecule has 6 nitrogen and oxygen atoms in total. The average Bonchev–Trinajstić information content (AvgIpc) is 3.12. The average molecular weight is 519 g/mol. The fourth-order valence-electron chi connectivity index (χ4n) is 2.99. The van der Waals surface area contributed by atoms with E-state index in [0.717, 1.165) is 27.6 Å². The van der Waals surface area contributed by atoms with Gasteiger partial charge in [-0.15, -0.1) is 11.3 Å². The smallest absolute Gasteiger partial charge is 0.313 e. The van der Waals surface area contributed by atoms with Crippen molar-refractivity contribution in [2.45, 2.75) is 10.6 Å². The van der Waals surface area contributed by atoms with E-state index in [4.69, 9.17) is 0 Å². The molecule has 3 aromatic rings. The zero-order valence-electron chi connectivity index (χ0n) is 13.3. The zero-order chi connectivity index (χ0) is 18.5. The molecule has 0 atom stereocenters. The summed E-state index contributed by atoms with van der Waals surface area (Å²) in [4.78, 5) is 13.2. The topological polar surface area (TPSA) is 73.1 Å². The van der Waals surface area contributed by atoms with Gasteiger partial charge in [0.25, 0.3) is 10.0 Å². The minimum absolute atomic E-state index is 0.0977. The summed E-state index contributed by atoms with van der Waals surface area (Å²) in [5.41, 5.74) is 1.20. The molecular formula is C16H13Br2N3O3S2. The maximum Gasteiger partial charge on any atom is 0.347 e. The number of fused-ring (bicyclic) bond motifs is 1. The number of aromatic nitrogens is 2. The molecule has 1 aliphatic rings. The maximum absolute atomic E-state index is 13.2. The van der Waals surface area contributed by atoms with Gasteiger partial charge in [-0.3, -0.25) is 4.57 Å². The number of benzene rings is 1. The molecule has 1 N–H and O–H groups in total. The highest BCUT2D eigenvalue weighted by Gasteiger charge is 2.28. The Balaban J connectivity index is 2.04. The second kappa shape index (κ2) is 6.75. The first kappa shape index (κ1) is 18.2. The summed E-state index contributed by atoms with van der Waals surface area (Å²) in [6, 6.07) is 8.47. The van der Waals surface area contributed by atoms with Gasteiger partial charge in [0.05, 0.1) is 14.8 Å². The molecule has 4 rings (SSSR count). The van der Waals surface area contributed by atoms with Crippen LogP contribution in [0.15, 0.2) is 53.7 Å². The highest BCUT2D eigenvalue weighted by molar-refractivity contribution is 9.13. The molecule has 0 fully saturated rings. The molecule has 2 aromatic heterocycles. The Morgan fingerprint density at radius 1 is 1.15 bits per heavy atom. The standard InChI is InChI=1S/C16H13Br2N3O3S2/c17-11-9-14(25-15(11)18)26(23,24)21-13-4-2-1-3-12(13)20(16(21)22)10-5-7-19-8-6-10/h1-5,9,19H,6-8H2. The van der Waals surface area contributed by atoms with Crippen LogP contribution < -0.4 is 11.0 Å². The minimum Gasteiger partial charge on any atom is -0.313 e. The van der Waals surface area contributed by atoms with Crippen molar-refractivity contribution in [3.63, 3.8) is 0 Å². The van der Waals surface area contributed by atoms with E-state index < -0.39 is 15.7 Å². The summed E-state index contributed by atoms with van der Waals surface area (Å²) < 4.78 is 30.2. The first-order valence-corrected chi connectivity index (χ1v) is 11.6. The molecule has 1 aromatic carbocycles. The van der Waals surface area contributed by atoms with Crippen LogP contribution in [0.2, 0.25) is 0 Å². The molecule has 0 bridgehead atoms. The molecule has 0 aliphatic carbocycles.